The Kier molecular flexibility index (Phi) is 2.71. The van der Waals surface area contributed by atoms with E-state index in [0.717, 1.165) is 0 Å². The van der Waals surface area contributed by atoms with Crippen molar-refractivity contribution in [2.24, 2.45) is 11.1 Å². The summed E-state index contributed by atoms with van der Waals surface area (Å²) in [6, 6.07) is 0. The highest BCUT2D eigenvalue weighted by molar-refractivity contribution is 6.05. The first kappa shape index (κ1) is 10.2. The number of Topliss-reactive ketones (excluding diaryl/α,β-unsaturated/α-hetero) is 1. The Labute approximate surface area is 78.1 Å². The maximum Gasteiger partial charge on any atom is 0.230 e. The van der Waals surface area contributed by atoms with Crippen LogP contribution in [0.5, 0.6) is 0 Å². The average molecular weight is 184 g/mol. The van der Waals surface area contributed by atoms with Gasteiger partial charge in [-0.3, -0.25) is 9.59 Å². The number of amides is 1. The van der Waals surface area contributed by atoms with Gasteiger partial charge < -0.3 is 10.6 Å². The molecule has 0 bridgehead atoms. The predicted octanol–water partition coefficient (Wildman–Crippen LogP) is -0.227. The third-order valence-electron chi connectivity index (χ3n) is 2.24. The number of likely N-dealkylation sites (tertiary alicyclic amines) is 1. The van der Waals surface area contributed by atoms with Crippen molar-refractivity contribution >= 4 is 11.7 Å². The van der Waals surface area contributed by atoms with Gasteiger partial charge in [0, 0.05) is 6.54 Å². The minimum Gasteiger partial charge on any atom is -0.334 e. The van der Waals surface area contributed by atoms with E-state index in [1.807, 2.05) is 13.8 Å². The van der Waals surface area contributed by atoms with Crippen LogP contribution in [0.3, 0.4) is 0 Å². The maximum atomic E-state index is 11.2. The van der Waals surface area contributed by atoms with Crippen molar-refractivity contribution in [2.45, 2.75) is 20.3 Å². The van der Waals surface area contributed by atoms with E-state index in [2.05, 4.69) is 0 Å². The van der Waals surface area contributed by atoms with Crippen LogP contribution in [0.25, 0.3) is 0 Å². The van der Waals surface area contributed by atoms with E-state index in [1.165, 1.54) is 0 Å². The van der Waals surface area contributed by atoms with Crippen molar-refractivity contribution < 1.29 is 9.59 Å². The van der Waals surface area contributed by atoms with Crippen LogP contribution in [0.4, 0.5) is 0 Å². The highest BCUT2D eigenvalue weighted by atomic mass is 16.2. The summed E-state index contributed by atoms with van der Waals surface area (Å²) in [5.74, 6) is -0.0515. The SMILES string of the molecule is CC(C)(CN)CN1CC(=O)CC1=O. The molecular weight excluding hydrogens is 168 g/mol. The number of carbonyl (C=O) groups is 2. The van der Waals surface area contributed by atoms with Gasteiger partial charge in [-0.25, -0.2) is 0 Å². The number of rotatable bonds is 3. The lowest BCUT2D eigenvalue weighted by Crippen LogP contribution is -2.39. The molecule has 0 aromatic heterocycles. The molecule has 0 radical (unpaired) electrons. The van der Waals surface area contributed by atoms with Gasteiger partial charge in [0.2, 0.25) is 5.91 Å². The second-order valence-corrected chi connectivity index (χ2v) is 4.33. The fourth-order valence-electron chi connectivity index (χ4n) is 1.36. The third-order valence-corrected chi connectivity index (χ3v) is 2.24. The minimum absolute atomic E-state index is 0.0119. The minimum atomic E-state index is -0.0969. The van der Waals surface area contributed by atoms with Crippen LogP contribution in [0.15, 0.2) is 0 Å². The Bertz CT molecular complexity index is 236. The molecule has 4 heteroatoms. The molecule has 4 nitrogen and oxygen atoms in total. The van der Waals surface area contributed by atoms with Gasteiger partial charge in [-0.15, -0.1) is 0 Å². The standard InChI is InChI=1S/C9H16N2O2/c1-9(2,5-10)6-11-4-7(12)3-8(11)13/h3-6,10H2,1-2H3. The summed E-state index contributed by atoms with van der Waals surface area (Å²) in [7, 11) is 0. The summed E-state index contributed by atoms with van der Waals surface area (Å²) < 4.78 is 0. The number of carbonyl (C=O) groups excluding carboxylic acids is 2. The molecule has 0 unspecified atom stereocenters. The van der Waals surface area contributed by atoms with Gasteiger partial charge in [0.25, 0.3) is 0 Å². The molecule has 13 heavy (non-hydrogen) atoms. The number of hydrogen-bond acceptors (Lipinski definition) is 3. The first-order valence-electron chi connectivity index (χ1n) is 4.44. The van der Waals surface area contributed by atoms with E-state index >= 15 is 0 Å². The largest absolute Gasteiger partial charge is 0.334 e. The molecular formula is C9H16N2O2. The van der Waals surface area contributed by atoms with E-state index < -0.39 is 0 Å². The van der Waals surface area contributed by atoms with Crippen molar-refractivity contribution in [3.63, 3.8) is 0 Å². The maximum absolute atomic E-state index is 11.2. The Morgan fingerprint density at radius 2 is 2.08 bits per heavy atom. The molecule has 1 heterocycles. The summed E-state index contributed by atoms with van der Waals surface area (Å²) in [5, 5.41) is 0. The molecule has 1 saturated heterocycles. The lowest BCUT2D eigenvalue weighted by molar-refractivity contribution is -0.128. The fourth-order valence-corrected chi connectivity index (χ4v) is 1.36. The van der Waals surface area contributed by atoms with Crippen LogP contribution in [0.1, 0.15) is 20.3 Å². The summed E-state index contributed by atoms with van der Waals surface area (Å²) in [6.07, 6.45) is 0.0701. The van der Waals surface area contributed by atoms with Crippen LogP contribution < -0.4 is 5.73 Å². The van der Waals surface area contributed by atoms with Crippen molar-refractivity contribution in [3.8, 4) is 0 Å². The molecule has 0 saturated carbocycles. The Hall–Kier alpha value is -0.900. The summed E-state index contributed by atoms with van der Waals surface area (Å²) in [4.78, 5) is 23.8. The van der Waals surface area contributed by atoms with Crippen LogP contribution in [-0.2, 0) is 9.59 Å². The first-order chi connectivity index (χ1) is 5.94. The van der Waals surface area contributed by atoms with E-state index in [4.69, 9.17) is 5.73 Å². The van der Waals surface area contributed by atoms with E-state index in [9.17, 15) is 9.59 Å². The number of ketones is 1. The normalized spacial score (nSPS) is 18.5. The molecule has 1 amide bonds. The quantitative estimate of drug-likeness (QED) is 0.616. The van der Waals surface area contributed by atoms with Crippen molar-refractivity contribution in [1.29, 1.82) is 0 Å². The molecule has 0 atom stereocenters. The predicted molar refractivity (Wildman–Crippen MR) is 49.0 cm³/mol. The van der Waals surface area contributed by atoms with Gasteiger partial charge in [0.15, 0.2) is 5.78 Å². The number of hydrogen-bond donors (Lipinski definition) is 1. The van der Waals surface area contributed by atoms with Gasteiger partial charge >= 0.3 is 0 Å². The number of nitrogens with two attached hydrogens (primary N) is 1. The topological polar surface area (TPSA) is 63.4 Å². The Balaban J connectivity index is 2.55. The number of nitrogens with zero attached hydrogens (tertiary/aromatic N) is 1. The molecule has 1 rings (SSSR count). The summed E-state index contributed by atoms with van der Waals surface area (Å²) in [6.45, 7) is 5.34. The fraction of sp³-hybridized carbons (Fsp3) is 0.778. The average Bonchev–Trinajstić information content (AvgIpc) is 2.30. The van der Waals surface area contributed by atoms with Gasteiger partial charge in [-0.05, 0) is 12.0 Å². The van der Waals surface area contributed by atoms with Crippen LogP contribution in [0.2, 0.25) is 0 Å². The zero-order chi connectivity index (χ0) is 10.1. The molecule has 1 aliphatic rings. The van der Waals surface area contributed by atoms with Gasteiger partial charge in [0.05, 0.1) is 13.0 Å². The van der Waals surface area contributed by atoms with Gasteiger partial charge in [-0.1, -0.05) is 13.8 Å². The molecule has 0 aliphatic carbocycles. The van der Waals surface area contributed by atoms with Crippen molar-refractivity contribution in [1.82, 2.24) is 4.90 Å². The van der Waals surface area contributed by atoms with Gasteiger partial charge in [0.1, 0.15) is 0 Å². The van der Waals surface area contributed by atoms with Crippen LogP contribution in [-0.4, -0.2) is 36.2 Å². The van der Waals surface area contributed by atoms with E-state index in [1.54, 1.807) is 4.90 Å². The lowest BCUT2D eigenvalue weighted by Gasteiger charge is -2.28. The Morgan fingerprint density at radius 3 is 2.46 bits per heavy atom. The van der Waals surface area contributed by atoms with Crippen LogP contribution >= 0.6 is 0 Å². The molecule has 74 valence electrons. The second-order valence-electron chi connectivity index (χ2n) is 4.33. The molecule has 0 spiro atoms. The van der Waals surface area contributed by atoms with Gasteiger partial charge in [-0.2, -0.15) is 0 Å². The highest BCUT2D eigenvalue weighted by Gasteiger charge is 2.31. The molecule has 1 aliphatic heterocycles. The summed E-state index contributed by atoms with van der Waals surface area (Å²) in [5.41, 5.74) is 5.44. The monoisotopic (exact) mass is 184 g/mol. The third kappa shape index (κ3) is 2.52. The van der Waals surface area contributed by atoms with Crippen LogP contribution in [0, 0.1) is 5.41 Å². The first-order valence-corrected chi connectivity index (χ1v) is 4.44. The van der Waals surface area contributed by atoms with E-state index in [0.29, 0.717) is 13.1 Å². The second kappa shape index (κ2) is 3.46. The molecule has 0 aromatic rings. The van der Waals surface area contributed by atoms with Crippen molar-refractivity contribution in [3.05, 3.63) is 0 Å². The molecule has 1 fully saturated rings. The van der Waals surface area contributed by atoms with Crippen molar-refractivity contribution in [2.75, 3.05) is 19.6 Å². The summed E-state index contributed by atoms with van der Waals surface area (Å²) >= 11 is 0. The zero-order valence-corrected chi connectivity index (χ0v) is 8.17. The Morgan fingerprint density at radius 1 is 1.46 bits per heavy atom. The lowest BCUT2D eigenvalue weighted by atomic mass is 9.93. The van der Waals surface area contributed by atoms with E-state index in [-0.39, 0.29) is 30.1 Å². The smallest absolute Gasteiger partial charge is 0.230 e. The zero-order valence-electron chi connectivity index (χ0n) is 8.17. The molecule has 0 aromatic carbocycles. The highest BCUT2D eigenvalue weighted by Crippen LogP contribution is 2.18. The molecule has 2 N–H and O–H groups in total.